The summed E-state index contributed by atoms with van der Waals surface area (Å²) in [7, 11) is 1.86. The third-order valence-corrected chi connectivity index (χ3v) is 2.86. The summed E-state index contributed by atoms with van der Waals surface area (Å²) in [5.74, 6) is 0. The molecule has 19 heavy (non-hydrogen) atoms. The summed E-state index contributed by atoms with van der Waals surface area (Å²) in [5.41, 5.74) is -0.514. The maximum absolute atomic E-state index is 5.92. The first kappa shape index (κ1) is 16.8. The van der Waals surface area contributed by atoms with E-state index in [1.165, 1.54) is 0 Å². The van der Waals surface area contributed by atoms with Gasteiger partial charge in [0.05, 0.1) is 52.4 Å². The lowest BCUT2D eigenvalue weighted by atomic mass is 10.3. The minimum absolute atomic E-state index is 0.0116. The normalized spacial score (nSPS) is 29.4. The second kappa shape index (κ2) is 8.84. The Labute approximate surface area is 115 Å². The van der Waals surface area contributed by atoms with Gasteiger partial charge in [0.25, 0.3) is 0 Å². The molecular weight excluding hydrogens is 250 g/mol. The van der Waals surface area contributed by atoms with Crippen LogP contribution in [-0.2, 0) is 23.8 Å². The number of nitrogens with zero attached hydrogens (tertiary/aromatic N) is 1. The zero-order chi connectivity index (χ0) is 14.1. The molecule has 0 aromatic carbocycles. The molecular formula is C13H27NO5. The topological polar surface area (TPSA) is 49.4 Å². The van der Waals surface area contributed by atoms with E-state index >= 15 is 0 Å². The molecule has 0 aromatic heterocycles. The van der Waals surface area contributed by atoms with Gasteiger partial charge in [-0.1, -0.05) is 0 Å². The van der Waals surface area contributed by atoms with Crippen molar-refractivity contribution in [2.75, 3.05) is 53.3 Å². The van der Waals surface area contributed by atoms with Gasteiger partial charge in [0.15, 0.2) is 0 Å². The minimum atomic E-state index is -0.514. The van der Waals surface area contributed by atoms with Crippen molar-refractivity contribution < 1.29 is 23.8 Å². The van der Waals surface area contributed by atoms with Crippen LogP contribution in [0.1, 0.15) is 20.8 Å². The van der Waals surface area contributed by atoms with E-state index < -0.39 is 5.72 Å². The molecule has 1 heterocycles. The van der Waals surface area contributed by atoms with Crippen molar-refractivity contribution in [3.63, 3.8) is 0 Å². The third kappa shape index (κ3) is 7.20. The van der Waals surface area contributed by atoms with Gasteiger partial charge in [-0.15, -0.1) is 0 Å². The number of ether oxygens (including phenoxy) is 4. The molecule has 0 N–H and O–H groups in total. The highest BCUT2D eigenvalue weighted by atomic mass is 16.7. The molecule has 0 amide bonds. The monoisotopic (exact) mass is 277 g/mol. The fourth-order valence-corrected chi connectivity index (χ4v) is 1.68. The van der Waals surface area contributed by atoms with Gasteiger partial charge in [-0.2, -0.15) is 5.06 Å². The smallest absolute Gasteiger partial charge is 0.138 e. The van der Waals surface area contributed by atoms with Gasteiger partial charge in [0.2, 0.25) is 0 Å². The van der Waals surface area contributed by atoms with E-state index in [1.807, 2.05) is 27.8 Å². The van der Waals surface area contributed by atoms with E-state index in [-0.39, 0.29) is 6.10 Å². The van der Waals surface area contributed by atoms with Crippen LogP contribution in [0.15, 0.2) is 0 Å². The van der Waals surface area contributed by atoms with Crippen molar-refractivity contribution in [1.82, 2.24) is 5.06 Å². The molecule has 6 nitrogen and oxygen atoms in total. The van der Waals surface area contributed by atoms with Gasteiger partial charge in [-0.3, -0.25) is 4.84 Å². The zero-order valence-corrected chi connectivity index (χ0v) is 12.5. The number of rotatable bonds is 0. The molecule has 1 aliphatic rings. The highest BCUT2D eigenvalue weighted by Gasteiger charge is 2.27. The summed E-state index contributed by atoms with van der Waals surface area (Å²) in [5, 5.41) is 1.71. The first-order valence-corrected chi connectivity index (χ1v) is 6.80. The summed E-state index contributed by atoms with van der Waals surface area (Å²) < 4.78 is 22.2. The maximum atomic E-state index is 5.92. The van der Waals surface area contributed by atoms with E-state index in [0.717, 1.165) is 0 Å². The quantitative estimate of drug-likeness (QED) is 0.660. The molecule has 1 aliphatic heterocycles. The Morgan fingerprint density at radius 2 is 1.42 bits per heavy atom. The molecule has 0 radical (unpaired) electrons. The summed E-state index contributed by atoms with van der Waals surface area (Å²) in [6.45, 7) is 9.78. The Morgan fingerprint density at radius 1 is 0.895 bits per heavy atom. The fraction of sp³-hybridized carbons (Fsp3) is 1.00. The second-order valence-corrected chi connectivity index (χ2v) is 5.01. The predicted molar refractivity (Wildman–Crippen MR) is 70.8 cm³/mol. The Balaban J connectivity index is 2.45. The molecule has 0 saturated carbocycles. The van der Waals surface area contributed by atoms with Gasteiger partial charge in [-0.05, 0) is 20.8 Å². The van der Waals surface area contributed by atoms with Crippen molar-refractivity contribution in [2.24, 2.45) is 0 Å². The minimum Gasteiger partial charge on any atom is -0.377 e. The molecule has 114 valence electrons. The van der Waals surface area contributed by atoms with Crippen LogP contribution >= 0.6 is 0 Å². The average molecular weight is 277 g/mol. The van der Waals surface area contributed by atoms with E-state index in [1.54, 1.807) is 5.06 Å². The largest absolute Gasteiger partial charge is 0.377 e. The number of hydrogen-bond acceptors (Lipinski definition) is 6. The van der Waals surface area contributed by atoms with Gasteiger partial charge in [0.1, 0.15) is 5.72 Å². The van der Waals surface area contributed by atoms with Crippen LogP contribution in [0.4, 0.5) is 0 Å². The molecule has 0 bridgehead atoms. The van der Waals surface area contributed by atoms with Crippen LogP contribution < -0.4 is 0 Å². The fourth-order valence-electron chi connectivity index (χ4n) is 1.68. The van der Waals surface area contributed by atoms with E-state index in [2.05, 4.69) is 0 Å². The lowest BCUT2D eigenvalue weighted by Crippen LogP contribution is -2.46. The van der Waals surface area contributed by atoms with Gasteiger partial charge in [0, 0.05) is 7.05 Å². The van der Waals surface area contributed by atoms with Gasteiger partial charge in [-0.25, -0.2) is 0 Å². The lowest BCUT2D eigenvalue weighted by molar-refractivity contribution is -0.299. The van der Waals surface area contributed by atoms with Crippen LogP contribution in [0.5, 0.6) is 0 Å². The Morgan fingerprint density at radius 3 is 2.05 bits per heavy atom. The third-order valence-electron chi connectivity index (χ3n) is 2.86. The van der Waals surface area contributed by atoms with Crippen LogP contribution in [0, 0.1) is 0 Å². The van der Waals surface area contributed by atoms with Crippen molar-refractivity contribution in [1.29, 1.82) is 0 Å². The summed E-state index contributed by atoms with van der Waals surface area (Å²) in [4.78, 5) is 5.58. The molecule has 1 rings (SSSR count). The zero-order valence-electron chi connectivity index (χ0n) is 12.5. The lowest BCUT2D eigenvalue weighted by Gasteiger charge is -2.36. The van der Waals surface area contributed by atoms with Crippen LogP contribution in [0.2, 0.25) is 0 Å². The summed E-state index contributed by atoms with van der Waals surface area (Å²) in [6.07, 6.45) is -0.0116. The van der Waals surface area contributed by atoms with E-state index in [9.17, 15) is 0 Å². The number of hydroxylamine groups is 2. The molecule has 0 aliphatic carbocycles. The molecule has 6 heteroatoms. The van der Waals surface area contributed by atoms with Crippen molar-refractivity contribution in [3.05, 3.63) is 0 Å². The summed E-state index contributed by atoms with van der Waals surface area (Å²) in [6, 6.07) is 0. The second-order valence-electron chi connectivity index (χ2n) is 5.01. The van der Waals surface area contributed by atoms with Crippen molar-refractivity contribution >= 4 is 0 Å². The van der Waals surface area contributed by atoms with E-state index in [0.29, 0.717) is 46.2 Å². The Hall–Kier alpha value is -0.240. The summed E-state index contributed by atoms with van der Waals surface area (Å²) >= 11 is 0. The molecule has 0 aromatic rings. The van der Waals surface area contributed by atoms with E-state index in [4.69, 9.17) is 23.8 Å². The molecule has 1 saturated heterocycles. The van der Waals surface area contributed by atoms with Crippen molar-refractivity contribution in [3.8, 4) is 0 Å². The molecule has 1 unspecified atom stereocenters. The predicted octanol–water partition coefficient (Wildman–Crippen LogP) is 1.05. The first-order chi connectivity index (χ1) is 9.02. The standard InChI is InChI=1S/C13H27NO5/c1-12-11-17-8-7-15-5-6-16-9-10-18-14(4)13(2,3)19-12/h12H,5-11H2,1-4H3. The van der Waals surface area contributed by atoms with Gasteiger partial charge < -0.3 is 18.9 Å². The van der Waals surface area contributed by atoms with Crippen LogP contribution in [0.25, 0.3) is 0 Å². The van der Waals surface area contributed by atoms with Crippen LogP contribution in [0.3, 0.4) is 0 Å². The van der Waals surface area contributed by atoms with Crippen molar-refractivity contribution in [2.45, 2.75) is 32.6 Å². The number of hydrogen-bond donors (Lipinski definition) is 0. The average Bonchev–Trinajstić information content (AvgIpc) is 2.34. The Bertz CT molecular complexity index is 237. The highest BCUT2D eigenvalue weighted by Crippen LogP contribution is 2.17. The first-order valence-electron chi connectivity index (χ1n) is 6.80. The van der Waals surface area contributed by atoms with Crippen LogP contribution in [-0.4, -0.2) is 70.2 Å². The highest BCUT2D eigenvalue weighted by molar-refractivity contribution is 4.64. The molecule has 1 atom stereocenters. The molecule has 0 spiro atoms. The SMILES string of the molecule is CC1COCCOCCOCCON(C)C(C)(C)O1. The molecule has 1 fully saturated rings. The maximum Gasteiger partial charge on any atom is 0.138 e. The Kier molecular flexibility index (Phi) is 7.82. The van der Waals surface area contributed by atoms with Gasteiger partial charge >= 0.3 is 0 Å².